The van der Waals surface area contributed by atoms with Crippen molar-refractivity contribution in [2.45, 2.75) is 46.2 Å². The molecule has 0 aliphatic rings. The molecular weight excluding hydrogens is 278 g/mol. The van der Waals surface area contributed by atoms with E-state index in [4.69, 9.17) is 11.6 Å². The van der Waals surface area contributed by atoms with E-state index in [2.05, 4.69) is 63.3 Å². The van der Waals surface area contributed by atoms with Crippen LogP contribution in [0.2, 0.25) is 5.02 Å². The maximum atomic E-state index is 6.00. The maximum Gasteiger partial charge on any atom is 0.0408 e. The fourth-order valence-electron chi connectivity index (χ4n) is 2.41. The zero-order valence-corrected chi connectivity index (χ0v) is 14.0. The molecule has 0 radical (unpaired) electrons. The summed E-state index contributed by atoms with van der Waals surface area (Å²) in [5.41, 5.74) is 5.24. The van der Waals surface area contributed by atoms with E-state index in [1.54, 1.807) is 0 Å². The number of hydrogen-bond acceptors (Lipinski definition) is 1. The Hall–Kier alpha value is -1.31. The quantitative estimate of drug-likeness (QED) is 0.755. The molecule has 1 nitrogen and oxygen atoms in total. The summed E-state index contributed by atoms with van der Waals surface area (Å²) in [6, 6.07) is 15.3. The van der Waals surface area contributed by atoms with Gasteiger partial charge in [-0.1, -0.05) is 55.8 Å². The first kappa shape index (κ1) is 16.1. The third-order valence-corrected chi connectivity index (χ3v) is 4.24. The molecule has 1 unspecified atom stereocenters. The van der Waals surface area contributed by atoms with Gasteiger partial charge in [0, 0.05) is 17.6 Å². The standard InChI is InChI=1S/C19H24ClN/c1-13(2)16-5-7-17(8-6-16)15(4)21-12-18-9-10-19(20)11-14(18)3/h5-11,13,15,21H,12H2,1-4H3. The number of benzene rings is 2. The molecule has 0 heterocycles. The first-order valence-corrected chi connectivity index (χ1v) is 7.93. The van der Waals surface area contributed by atoms with E-state index in [1.165, 1.54) is 22.3 Å². The van der Waals surface area contributed by atoms with Crippen LogP contribution in [0.25, 0.3) is 0 Å². The van der Waals surface area contributed by atoms with Gasteiger partial charge in [-0.05, 0) is 54.2 Å². The second-order valence-corrected chi connectivity index (χ2v) is 6.43. The van der Waals surface area contributed by atoms with Gasteiger partial charge in [0.1, 0.15) is 0 Å². The SMILES string of the molecule is Cc1cc(Cl)ccc1CNC(C)c1ccc(C(C)C)cc1. The molecule has 2 rings (SSSR count). The predicted molar refractivity (Wildman–Crippen MR) is 92.0 cm³/mol. The van der Waals surface area contributed by atoms with Crippen LogP contribution in [0.1, 0.15) is 55.0 Å². The zero-order valence-electron chi connectivity index (χ0n) is 13.3. The van der Waals surface area contributed by atoms with E-state index in [9.17, 15) is 0 Å². The third kappa shape index (κ3) is 4.33. The van der Waals surface area contributed by atoms with Gasteiger partial charge in [0.25, 0.3) is 0 Å². The number of halogens is 1. The van der Waals surface area contributed by atoms with Crippen LogP contribution in [0.15, 0.2) is 42.5 Å². The molecule has 0 aliphatic heterocycles. The Morgan fingerprint density at radius 1 is 0.952 bits per heavy atom. The highest BCUT2D eigenvalue weighted by Crippen LogP contribution is 2.20. The van der Waals surface area contributed by atoms with E-state index in [1.807, 2.05) is 12.1 Å². The van der Waals surface area contributed by atoms with Gasteiger partial charge < -0.3 is 5.32 Å². The van der Waals surface area contributed by atoms with Crippen molar-refractivity contribution in [2.75, 3.05) is 0 Å². The molecule has 2 heteroatoms. The van der Waals surface area contributed by atoms with Gasteiger partial charge in [-0.2, -0.15) is 0 Å². The van der Waals surface area contributed by atoms with Gasteiger partial charge in [0.2, 0.25) is 0 Å². The molecule has 0 bridgehead atoms. The van der Waals surface area contributed by atoms with Crippen LogP contribution in [-0.2, 0) is 6.54 Å². The van der Waals surface area contributed by atoms with Crippen molar-refractivity contribution in [1.82, 2.24) is 5.32 Å². The summed E-state index contributed by atoms with van der Waals surface area (Å²) in [7, 11) is 0. The molecule has 0 aliphatic carbocycles. The molecular formula is C19H24ClN. The molecule has 2 aromatic carbocycles. The first-order chi connectivity index (χ1) is 9.97. The Morgan fingerprint density at radius 2 is 1.57 bits per heavy atom. The minimum atomic E-state index is 0.335. The first-order valence-electron chi connectivity index (χ1n) is 7.55. The molecule has 0 aromatic heterocycles. The second kappa shape index (κ2) is 7.11. The molecule has 0 amide bonds. The van der Waals surface area contributed by atoms with Gasteiger partial charge in [-0.25, -0.2) is 0 Å². The Labute approximate surface area is 133 Å². The number of hydrogen-bond donors (Lipinski definition) is 1. The Balaban J connectivity index is 1.99. The molecule has 0 fully saturated rings. The second-order valence-electron chi connectivity index (χ2n) is 5.99. The lowest BCUT2D eigenvalue weighted by Gasteiger charge is -2.16. The van der Waals surface area contributed by atoms with Crippen LogP contribution in [0, 0.1) is 6.92 Å². The lowest BCUT2D eigenvalue weighted by Crippen LogP contribution is -2.18. The molecule has 0 spiro atoms. The normalized spacial score (nSPS) is 12.7. The summed E-state index contributed by atoms with van der Waals surface area (Å²) in [6.45, 7) is 9.61. The Morgan fingerprint density at radius 3 is 2.14 bits per heavy atom. The van der Waals surface area contributed by atoms with Gasteiger partial charge in [-0.15, -0.1) is 0 Å². The smallest absolute Gasteiger partial charge is 0.0408 e. The van der Waals surface area contributed by atoms with E-state index < -0.39 is 0 Å². The van der Waals surface area contributed by atoms with Gasteiger partial charge in [-0.3, -0.25) is 0 Å². The van der Waals surface area contributed by atoms with Crippen LogP contribution < -0.4 is 5.32 Å². The minimum Gasteiger partial charge on any atom is -0.306 e. The average molecular weight is 302 g/mol. The van der Waals surface area contributed by atoms with Crippen molar-refractivity contribution in [2.24, 2.45) is 0 Å². The van der Waals surface area contributed by atoms with Crippen LogP contribution in [0.4, 0.5) is 0 Å². The highest BCUT2D eigenvalue weighted by atomic mass is 35.5. The monoisotopic (exact) mass is 301 g/mol. The van der Waals surface area contributed by atoms with Crippen LogP contribution in [0.3, 0.4) is 0 Å². The lowest BCUT2D eigenvalue weighted by atomic mass is 9.99. The summed E-state index contributed by atoms with van der Waals surface area (Å²) < 4.78 is 0. The molecule has 0 saturated carbocycles. The molecule has 2 aromatic rings. The maximum absolute atomic E-state index is 6.00. The number of rotatable bonds is 5. The molecule has 1 N–H and O–H groups in total. The summed E-state index contributed by atoms with van der Waals surface area (Å²) in [6.07, 6.45) is 0. The summed E-state index contributed by atoms with van der Waals surface area (Å²) in [5, 5.41) is 4.38. The lowest BCUT2D eigenvalue weighted by molar-refractivity contribution is 0.573. The van der Waals surface area contributed by atoms with Gasteiger partial charge in [0.05, 0.1) is 0 Å². The highest BCUT2D eigenvalue weighted by Gasteiger charge is 2.07. The topological polar surface area (TPSA) is 12.0 Å². The van der Waals surface area contributed by atoms with Gasteiger partial charge in [0.15, 0.2) is 0 Å². The molecule has 112 valence electrons. The largest absolute Gasteiger partial charge is 0.306 e. The van der Waals surface area contributed by atoms with Crippen LogP contribution in [-0.4, -0.2) is 0 Å². The van der Waals surface area contributed by atoms with Crippen molar-refractivity contribution >= 4 is 11.6 Å². The van der Waals surface area contributed by atoms with E-state index in [0.717, 1.165) is 11.6 Å². The Kier molecular flexibility index (Phi) is 5.44. The van der Waals surface area contributed by atoms with Crippen molar-refractivity contribution < 1.29 is 0 Å². The van der Waals surface area contributed by atoms with Crippen molar-refractivity contribution in [3.8, 4) is 0 Å². The zero-order chi connectivity index (χ0) is 15.4. The summed E-state index contributed by atoms with van der Waals surface area (Å²) >= 11 is 6.00. The number of nitrogens with one attached hydrogen (secondary N) is 1. The molecule has 0 saturated heterocycles. The fraction of sp³-hybridized carbons (Fsp3) is 0.368. The fourth-order valence-corrected chi connectivity index (χ4v) is 2.63. The summed E-state index contributed by atoms with van der Waals surface area (Å²) in [4.78, 5) is 0. The van der Waals surface area contributed by atoms with Gasteiger partial charge >= 0.3 is 0 Å². The van der Waals surface area contributed by atoms with Crippen molar-refractivity contribution in [3.05, 3.63) is 69.7 Å². The van der Waals surface area contributed by atoms with Crippen LogP contribution in [0.5, 0.6) is 0 Å². The van der Waals surface area contributed by atoms with Crippen LogP contribution >= 0.6 is 11.6 Å². The van der Waals surface area contributed by atoms with Crippen molar-refractivity contribution in [1.29, 1.82) is 0 Å². The Bertz CT molecular complexity index is 587. The predicted octanol–water partition coefficient (Wildman–Crippen LogP) is 5.62. The van der Waals surface area contributed by atoms with E-state index in [-0.39, 0.29) is 0 Å². The average Bonchev–Trinajstić information content (AvgIpc) is 2.46. The van der Waals surface area contributed by atoms with E-state index in [0.29, 0.717) is 12.0 Å². The van der Waals surface area contributed by atoms with E-state index >= 15 is 0 Å². The minimum absolute atomic E-state index is 0.335. The highest BCUT2D eigenvalue weighted by molar-refractivity contribution is 6.30. The van der Waals surface area contributed by atoms with Crippen molar-refractivity contribution in [3.63, 3.8) is 0 Å². The third-order valence-electron chi connectivity index (χ3n) is 4.01. The number of aryl methyl sites for hydroxylation is 1. The molecule has 1 atom stereocenters. The molecule has 21 heavy (non-hydrogen) atoms. The summed E-state index contributed by atoms with van der Waals surface area (Å²) in [5.74, 6) is 0.582.